The van der Waals surface area contributed by atoms with Crippen LogP contribution in [-0.2, 0) is 35.4 Å². The molecule has 332 valence electrons. The van der Waals surface area contributed by atoms with Gasteiger partial charge in [0.1, 0.15) is 11.6 Å². The van der Waals surface area contributed by atoms with Gasteiger partial charge in [0.25, 0.3) is 0 Å². The molecule has 6 aromatic rings. The Morgan fingerprint density at radius 3 is 1.67 bits per heavy atom. The number of aryl methyl sites for hydroxylation is 2. The highest BCUT2D eigenvalue weighted by Gasteiger charge is 2.26. The van der Waals surface area contributed by atoms with Gasteiger partial charge in [-0.15, -0.1) is 0 Å². The molecule has 0 bridgehead atoms. The minimum atomic E-state index is -0.596. The fraction of sp³-hybridized carbons (Fsp3) is 0.333. The average Bonchev–Trinajstić information content (AvgIpc) is 3.88. The van der Waals surface area contributed by atoms with Crippen molar-refractivity contribution in [3.8, 4) is 0 Å². The van der Waals surface area contributed by atoms with Gasteiger partial charge in [-0.05, 0) is 117 Å². The number of fused-ring (bicyclic) bond motifs is 2. The Balaban J connectivity index is 0.000000175. The van der Waals surface area contributed by atoms with Crippen molar-refractivity contribution in [3.05, 3.63) is 131 Å². The van der Waals surface area contributed by atoms with Crippen molar-refractivity contribution in [2.45, 2.75) is 50.4 Å². The average molecular weight is 928 g/mol. The van der Waals surface area contributed by atoms with Crippen LogP contribution in [0.1, 0.15) is 70.4 Å². The maximum absolute atomic E-state index is 14.8. The molecular weight excluding hydrogens is 874 g/mol. The maximum Gasteiger partial charge on any atom is 0.337 e. The summed E-state index contributed by atoms with van der Waals surface area (Å²) >= 11 is 3.13. The highest BCUT2D eigenvalue weighted by molar-refractivity contribution is 9.08. The van der Waals surface area contributed by atoms with Crippen molar-refractivity contribution < 1.29 is 37.4 Å². The van der Waals surface area contributed by atoms with Crippen LogP contribution in [0.4, 0.5) is 29.7 Å². The van der Waals surface area contributed by atoms with Gasteiger partial charge in [-0.1, -0.05) is 28.1 Å². The predicted octanol–water partition coefficient (Wildman–Crippen LogP) is 10.4. The quantitative estimate of drug-likeness (QED) is 0.126. The number of carbonyl (C=O) groups excluding carboxylic acids is 4. The minimum Gasteiger partial charge on any atom is -0.465 e. The van der Waals surface area contributed by atoms with Crippen LogP contribution in [0.3, 0.4) is 0 Å². The van der Waals surface area contributed by atoms with Crippen LogP contribution in [0.2, 0.25) is 0 Å². The van der Waals surface area contributed by atoms with Gasteiger partial charge < -0.3 is 33.7 Å². The zero-order valence-electron chi connectivity index (χ0n) is 36.0. The molecule has 0 saturated carbocycles. The third kappa shape index (κ3) is 11.6. The number of hydrogen-bond donors (Lipinski definition) is 1. The zero-order valence-corrected chi connectivity index (χ0v) is 37.6. The van der Waals surface area contributed by atoms with E-state index in [1.54, 1.807) is 17.0 Å². The van der Waals surface area contributed by atoms with Crippen molar-refractivity contribution in [1.82, 2.24) is 18.9 Å². The summed E-state index contributed by atoms with van der Waals surface area (Å²) in [6.45, 7) is 3.22. The molecule has 2 aliphatic rings. The molecule has 4 aromatic carbocycles. The van der Waals surface area contributed by atoms with Gasteiger partial charge in [0.15, 0.2) is 0 Å². The number of halogens is 3. The van der Waals surface area contributed by atoms with E-state index < -0.39 is 23.6 Å². The normalized spacial score (nSPS) is 13.6. The maximum atomic E-state index is 14.8. The summed E-state index contributed by atoms with van der Waals surface area (Å²) in [5, 5.41) is 5.59. The number of rotatable bonds is 7. The molecule has 0 unspecified atom stereocenters. The van der Waals surface area contributed by atoms with Crippen molar-refractivity contribution in [1.29, 1.82) is 0 Å². The lowest BCUT2D eigenvalue weighted by Crippen LogP contribution is -2.45. The fourth-order valence-electron chi connectivity index (χ4n) is 7.61. The molecule has 2 fully saturated rings. The second-order valence-electron chi connectivity index (χ2n) is 15.5. The number of esters is 2. The van der Waals surface area contributed by atoms with Crippen molar-refractivity contribution in [3.63, 3.8) is 0 Å². The summed E-state index contributed by atoms with van der Waals surface area (Å²) in [5.41, 5.74) is 5.05. The highest BCUT2D eigenvalue weighted by atomic mass is 79.9. The summed E-state index contributed by atoms with van der Waals surface area (Å²) in [6, 6.07) is 24.3. The lowest BCUT2D eigenvalue weighted by molar-refractivity contribution is 0.0591. The van der Waals surface area contributed by atoms with Gasteiger partial charge in [-0.3, -0.25) is 4.90 Å². The Morgan fingerprint density at radius 2 is 1.14 bits per heavy atom. The van der Waals surface area contributed by atoms with Crippen LogP contribution >= 0.6 is 15.9 Å². The Labute approximate surface area is 374 Å². The molecule has 1 N–H and O–H groups in total. The largest absolute Gasteiger partial charge is 0.465 e. The van der Waals surface area contributed by atoms with Crippen molar-refractivity contribution >= 4 is 73.1 Å². The Morgan fingerprint density at radius 1 is 0.635 bits per heavy atom. The third-order valence-electron chi connectivity index (χ3n) is 11.2. The predicted molar refractivity (Wildman–Crippen MR) is 245 cm³/mol. The molecule has 0 aliphatic carbocycles. The number of hydrogen-bond acceptors (Lipinski definition) is 6. The topological polar surface area (TPSA) is 118 Å². The van der Waals surface area contributed by atoms with E-state index in [2.05, 4.69) is 41.4 Å². The number of ether oxygens (including phenoxy) is 2. The molecule has 0 radical (unpaired) electrons. The molecule has 15 heteroatoms. The third-order valence-corrected chi connectivity index (χ3v) is 11.8. The Hall–Kier alpha value is -6.22. The monoisotopic (exact) mass is 926 g/mol. The van der Waals surface area contributed by atoms with Gasteiger partial charge in [0, 0.05) is 96.7 Å². The molecule has 0 atom stereocenters. The number of methoxy groups -OCH3 is 2. The van der Waals surface area contributed by atoms with Crippen LogP contribution in [0.15, 0.2) is 97.3 Å². The van der Waals surface area contributed by atoms with E-state index in [1.807, 2.05) is 83.3 Å². The first-order chi connectivity index (χ1) is 30.4. The Kier molecular flexibility index (Phi) is 16.0. The summed E-state index contributed by atoms with van der Waals surface area (Å²) in [4.78, 5) is 53.6. The zero-order chi connectivity index (χ0) is 45.0. The number of carbonyl (C=O) groups is 4. The first-order valence-corrected chi connectivity index (χ1v) is 22.0. The second-order valence-corrected chi connectivity index (χ2v) is 16.1. The molecule has 2 saturated heterocycles. The van der Waals surface area contributed by atoms with E-state index in [4.69, 9.17) is 0 Å². The van der Waals surface area contributed by atoms with Crippen molar-refractivity contribution in [2.24, 2.45) is 14.1 Å². The standard InChI is InChI=1S/C24H26FN3O3.C15H19N3O.C9H8BrFO2/c1-26-13-10-17-14-20(8-9-22(17)26)28(24(30)27-11-4-3-5-12-27)16-19-7-6-18(15-21(19)25)23(29)31-2;1-17-10-7-12-11-13(5-6-14(12)17)16-15(19)18-8-3-2-4-9-18;1-13-9(12)6-2-3-7(5-10)8(11)4-6/h6-10,13-15H,3-5,11-12,16H2,1-2H3;5-7,10-11H,2-4,8-9H2,1H3,(H,16,19);2-4H,5H2,1H3. The molecule has 2 aromatic heterocycles. The van der Waals surface area contributed by atoms with Crippen LogP contribution in [-0.4, -0.2) is 83.3 Å². The molecule has 4 heterocycles. The summed E-state index contributed by atoms with van der Waals surface area (Å²) < 4.78 is 41.1. The molecule has 8 rings (SSSR count). The molecule has 2 aliphatic heterocycles. The van der Waals surface area contributed by atoms with Crippen molar-refractivity contribution in [2.75, 3.05) is 50.6 Å². The van der Waals surface area contributed by atoms with Crippen LogP contribution in [0.25, 0.3) is 21.8 Å². The molecule has 12 nitrogen and oxygen atoms in total. The number of benzene rings is 4. The van der Waals surface area contributed by atoms with E-state index in [-0.39, 0.29) is 29.7 Å². The lowest BCUT2D eigenvalue weighted by atomic mass is 10.1. The summed E-state index contributed by atoms with van der Waals surface area (Å²) in [7, 11) is 6.51. The number of amides is 4. The first kappa shape index (κ1) is 46.3. The lowest BCUT2D eigenvalue weighted by Gasteiger charge is -2.33. The minimum absolute atomic E-state index is 0.0231. The number of anilines is 2. The molecular formula is C48H53BrF2N6O6. The highest BCUT2D eigenvalue weighted by Crippen LogP contribution is 2.28. The van der Waals surface area contributed by atoms with Crippen LogP contribution in [0, 0.1) is 11.6 Å². The van der Waals surface area contributed by atoms with Gasteiger partial charge in [0.2, 0.25) is 0 Å². The van der Waals surface area contributed by atoms with E-state index in [0.29, 0.717) is 35.2 Å². The van der Waals surface area contributed by atoms with Gasteiger partial charge in [-0.25, -0.2) is 28.0 Å². The number of nitrogens with zero attached hydrogens (tertiary/aromatic N) is 5. The number of alkyl halides is 1. The molecule has 63 heavy (non-hydrogen) atoms. The van der Waals surface area contributed by atoms with Gasteiger partial charge in [0.05, 0.1) is 31.9 Å². The van der Waals surface area contributed by atoms with E-state index >= 15 is 0 Å². The second kappa shape index (κ2) is 21.7. The summed E-state index contributed by atoms with van der Waals surface area (Å²) in [5.74, 6) is -2.07. The number of piperidine rings is 2. The smallest absolute Gasteiger partial charge is 0.337 e. The number of urea groups is 2. The summed E-state index contributed by atoms with van der Waals surface area (Å²) in [6.07, 6.45) is 10.5. The van der Waals surface area contributed by atoms with Crippen LogP contribution in [0.5, 0.6) is 0 Å². The number of aromatic nitrogens is 2. The molecule has 0 spiro atoms. The van der Waals surface area contributed by atoms with E-state index in [0.717, 1.165) is 73.2 Å². The SMILES string of the molecule is COC(=O)c1ccc(CBr)c(F)c1.COC(=O)c1ccc(CN(C(=O)N2CCCCC2)c2ccc3c(ccn3C)c2)c(F)c1.Cn1ccc2cc(NC(=O)N3CCCCC3)ccc21. The fourth-order valence-corrected chi connectivity index (χ4v) is 8.07. The van der Waals surface area contributed by atoms with E-state index in [9.17, 15) is 28.0 Å². The van der Waals surface area contributed by atoms with Gasteiger partial charge in [-0.2, -0.15) is 0 Å². The first-order valence-electron chi connectivity index (χ1n) is 20.9. The van der Waals surface area contributed by atoms with Crippen LogP contribution < -0.4 is 10.2 Å². The number of likely N-dealkylation sites (tertiary alicyclic amines) is 2. The van der Waals surface area contributed by atoms with E-state index in [1.165, 1.54) is 44.4 Å². The molecule has 4 amide bonds. The van der Waals surface area contributed by atoms with Gasteiger partial charge >= 0.3 is 24.0 Å². The Bertz CT molecular complexity index is 2560. The number of nitrogens with one attached hydrogen (secondary N) is 1.